The summed E-state index contributed by atoms with van der Waals surface area (Å²) < 4.78 is 0. The summed E-state index contributed by atoms with van der Waals surface area (Å²) in [4.78, 5) is 12.4. The summed E-state index contributed by atoms with van der Waals surface area (Å²) in [6, 6.07) is 2.45. The molecule has 0 atom stereocenters. The van der Waals surface area contributed by atoms with Gasteiger partial charge in [-0.2, -0.15) is 0 Å². The van der Waals surface area contributed by atoms with Crippen molar-refractivity contribution in [3.05, 3.63) is 22.5 Å². The van der Waals surface area contributed by atoms with Crippen LogP contribution in [-0.4, -0.2) is 9.97 Å². The van der Waals surface area contributed by atoms with Gasteiger partial charge in [-0.25, -0.2) is 9.97 Å². The molecule has 0 aliphatic heterocycles. The summed E-state index contributed by atoms with van der Waals surface area (Å²) in [6.07, 6.45) is 16.6. The lowest BCUT2D eigenvalue weighted by Crippen LogP contribution is -2.08. The zero-order valence-electron chi connectivity index (χ0n) is 15.0. The fraction of sp³-hybridized carbons (Fsp3) is 0.714. The fourth-order valence-electron chi connectivity index (χ4n) is 4.71. The Labute approximate surface area is 150 Å². The van der Waals surface area contributed by atoms with Gasteiger partial charge in [0, 0.05) is 10.3 Å². The molecule has 0 radical (unpaired) electrons. The number of thiophene rings is 1. The number of hydrogen-bond acceptors (Lipinski definition) is 3. The van der Waals surface area contributed by atoms with Gasteiger partial charge in [0.2, 0.25) is 0 Å². The Hall–Kier alpha value is -0.960. The summed E-state index contributed by atoms with van der Waals surface area (Å²) in [5, 5.41) is 1.36. The van der Waals surface area contributed by atoms with Crippen LogP contribution in [0.4, 0.5) is 0 Å². The molecule has 130 valence electrons. The summed E-state index contributed by atoms with van der Waals surface area (Å²) in [6.45, 7) is 2.06. The lowest BCUT2D eigenvalue weighted by atomic mass is 9.85. The van der Waals surface area contributed by atoms with Crippen LogP contribution in [0.15, 0.2) is 6.07 Å². The number of fused-ring (bicyclic) bond motifs is 1. The predicted octanol–water partition coefficient (Wildman–Crippen LogP) is 6.56. The molecule has 0 unspecified atom stereocenters. The van der Waals surface area contributed by atoms with E-state index in [2.05, 4.69) is 13.0 Å². The molecule has 2 aliphatic carbocycles. The van der Waals surface area contributed by atoms with Crippen LogP contribution in [0.2, 0.25) is 0 Å². The van der Waals surface area contributed by atoms with Crippen molar-refractivity contribution in [3.8, 4) is 0 Å². The largest absolute Gasteiger partial charge is 0.238 e. The van der Waals surface area contributed by atoms with Crippen molar-refractivity contribution in [2.24, 2.45) is 5.92 Å². The highest BCUT2D eigenvalue weighted by atomic mass is 32.1. The second-order valence-corrected chi connectivity index (χ2v) is 9.02. The van der Waals surface area contributed by atoms with Crippen LogP contribution in [-0.2, 0) is 6.42 Å². The van der Waals surface area contributed by atoms with Gasteiger partial charge in [-0.05, 0) is 50.5 Å². The summed E-state index contributed by atoms with van der Waals surface area (Å²) in [5.74, 6) is 2.67. The van der Waals surface area contributed by atoms with Crippen LogP contribution >= 0.6 is 11.3 Å². The van der Waals surface area contributed by atoms with Gasteiger partial charge in [-0.15, -0.1) is 11.3 Å². The molecule has 2 aliphatic rings. The SMILES string of the molecule is Cc1nc(CCC2CCCCC2)c2cc(C3CCCCC3)sc2n1. The van der Waals surface area contributed by atoms with Gasteiger partial charge in [0.15, 0.2) is 0 Å². The van der Waals surface area contributed by atoms with E-state index >= 15 is 0 Å². The third kappa shape index (κ3) is 3.66. The average Bonchev–Trinajstić information content (AvgIpc) is 3.05. The highest BCUT2D eigenvalue weighted by Gasteiger charge is 2.20. The summed E-state index contributed by atoms with van der Waals surface area (Å²) in [5.41, 5.74) is 1.32. The van der Waals surface area contributed by atoms with Gasteiger partial charge in [-0.1, -0.05) is 51.4 Å². The van der Waals surface area contributed by atoms with Gasteiger partial charge < -0.3 is 0 Å². The Kier molecular flexibility index (Phi) is 5.17. The molecule has 0 aromatic carbocycles. The third-order valence-corrected chi connectivity index (χ3v) is 7.32. The molecule has 0 N–H and O–H groups in total. The highest BCUT2D eigenvalue weighted by Crippen LogP contribution is 2.39. The third-order valence-electron chi connectivity index (χ3n) is 6.12. The maximum atomic E-state index is 4.84. The van der Waals surface area contributed by atoms with Crippen molar-refractivity contribution in [3.63, 3.8) is 0 Å². The molecule has 0 amide bonds. The van der Waals surface area contributed by atoms with E-state index in [0.717, 1.165) is 24.1 Å². The number of rotatable bonds is 4. The Morgan fingerprint density at radius 2 is 1.67 bits per heavy atom. The monoisotopic (exact) mass is 342 g/mol. The molecule has 0 saturated heterocycles. The molecule has 2 aromatic heterocycles. The maximum Gasteiger partial charge on any atom is 0.127 e. The van der Waals surface area contributed by atoms with Crippen molar-refractivity contribution in [1.29, 1.82) is 0 Å². The fourth-order valence-corrected chi connectivity index (χ4v) is 5.98. The first-order valence-electron chi connectivity index (χ1n) is 10.1. The summed E-state index contributed by atoms with van der Waals surface area (Å²) in [7, 11) is 0. The number of hydrogen-bond donors (Lipinski definition) is 0. The molecule has 2 fully saturated rings. The van der Waals surface area contributed by atoms with E-state index in [1.54, 1.807) is 4.88 Å². The lowest BCUT2D eigenvalue weighted by molar-refractivity contribution is 0.338. The molecule has 0 spiro atoms. The predicted molar refractivity (Wildman–Crippen MR) is 103 cm³/mol. The molecule has 3 heteroatoms. The number of aromatic nitrogens is 2. The normalized spacial score (nSPS) is 20.7. The van der Waals surface area contributed by atoms with Crippen LogP contribution in [0.3, 0.4) is 0 Å². The van der Waals surface area contributed by atoms with Gasteiger partial charge in [0.05, 0.1) is 5.69 Å². The lowest BCUT2D eigenvalue weighted by Gasteiger charge is -2.21. The van der Waals surface area contributed by atoms with Gasteiger partial charge in [0.1, 0.15) is 10.7 Å². The van der Waals surface area contributed by atoms with Crippen LogP contribution in [0, 0.1) is 12.8 Å². The molecule has 24 heavy (non-hydrogen) atoms. The van der Waals surface area contributed by atoms with E-state index in [0.29, 0.717) is 0 Å². The van der Waals surface area contributed by atoms with Crippen molar-refractivity contribution < 1.29 is 0 Å². The zero-order chi connectivity index (χ0) is 16.4. The van der Waals surface area contributed by atoms with Gasteiger partial charge in [0.25, 0.3) is 0 Å². The Morgan fingerprint density at radius 3 is 2.42 bits per heavy atom. The quantitative estimate of drug-likeness (QED) is 0.628. The Morgan fingerprint density at radius 1 is 0.958 bits per heavy atom. The molecule has 2 saturated carbocycles. The highest BCUT2D eigenvalue weighted by molar-refractivity contribution is 7.18. The second kappa shape index (κ2) is 7.51. The van der Waals surface area contributed by atoms with E-state index in [4.69, 9.17) is 9.97 Å². The molecule has 2 aromatic rings. The summed E-state index contributed by atoms with van der Waals surface area (Å²) >= 11 is 1.94. The van der Waals surface area contributed by atoms with Crippen LogP contribution in [0.25, 0.3) is 10.2 Å². The molecule has 4 rings (SSSR count). The molecular formula is C21H30N2S. The Bertz CT molecular complexity index is 678. The smallest absolute Gasteiger partial charge is 0.127 e. The van der Waals surface area contributed by atoms with Crippen molar-refractivity contribution in [2.45, 2.75) is 89.9 Å². The van der Waals surface area contributed by atoms with Crippen molar-refractivity contribution >= 4 is 21.6 Å². The van der Waals surface area contributed by atoms with Gasteiger partial charge in [-0.3, -0.25) is 0 Å². The molecular weight excluding hydrogens is 312 g/mol. The van der Waals surface area contributed by atoms with Crippen LogP contribution in [0.1, 0.15) is 92.9 Å². The van der Waals surface area contributed by atoms with Crippen molar-refractivity contribution in [2.75, 3.05) is 0 Å². The first-order valence-corrected chi connectivity index (χ1v) is 10.9. The standard InChI is InChI=1S/C21H30N2S/c1-15-22-19(13-12-16-8-4-2-5-9-16)18-14-20(24-21(18)23-15)17-10-6-3-7-11-17/h14,16-17H,2-13H2,1H3. The minimum atomic E-state index is 0.782. The van der Waals surface area contributed by atoms with Crippen LogP contribution < -0.4 is 0 Å². The molecule has 2 nitrogen and oxygen atoms in total. The first kappa shape index (κ1) is 16.5. The van der Waals surface area contributed by atoms with E-state index in [1.165, 1.54) is 86.5 Å². The van der Waals surface area contributed by atoms with Crippen molar-refractivity contribution in [1.82, 2.24) is 9.97 Å². The van der Waals surface area contributed by atoms with Gasteiger partial charge >= 0.3 is 0 Å². The maximum absolute atomic E-state index is 4.84. The molecule has 2 heterocycles. The molecule has 0 bridgehead atoms. The minimum Gasteiger partial charge on any atom is -0.238 e. The Balaban J connectivity index is 1.55. The second-order valence-electron chi connectivity index (χ2n) is 7.96. The first-order chi connectivity index (χ1) is 11.8. The average molecular weight is 343 g/mol. The van der Waals surface area contributed by atoms with E-state index in [1.807, 2.05) is 11.3 Å². The topological polar surface area (TPSA) is 25.8 Å². The number of aryl methyl sites for hydroxylation is 2. The zero-order valence-corrected chi connectivity index (χ0v) is 15.8. The van der Waals surface area contributed by atoms with E-state index in [-0.39, 0.29) is 0 Å². The van der Waals surface area contributed by atoms with E-state index < -0.39 is 0 Å². The minimum absolute atomic E-state index is 0.782. The van der Waals surface area contributed by atoms with Crippen LogP contribution in [0.5, 0.6) is 0 Å². The van der Waals surface area contributed by atoms with E-state index in [9.17, 15) is 0 Å². The number of nitrogens with zero attached hydrogens (tertiary/aromatic N) is 2.